The van der Waals surface area contributed by atoms with E-state index in [1.807, 2.05) is 6.07 Å². The van der Waals surface area contributed by atoms with Gasteiger partial charge in [0.25, 0.3) is 0 Å². The minimum atomic E-state index is -0.198. The van der Waals surface area contributed by atoms with Gasteiger partial charge in [-0.1, -0.05) is 36.4 Å². The van der Waals surface area contributed by atoms with Crippen molar-refractivity contribution < 1.29 is 9.59 Å². The molecule has 0 amide bonds. The number of nitrogens with two attached hydrogens (primary N) is 1. The topological polar surface area (TPSA) is 72.5 Å². The third kappa shape index (κ3) is 2.19. The number of carbonyl (C=O) groups is 1. The number of benzene rings is 2. The van der Waals surface area contributed by atoms with Gasteiger partial charge in [-0.05, 0) is 12.1 Å². The van der Waals surface area contributed by atoms with E-state index in [0.717, 1.165) is 0 Å². The monoisotopic (exact) mass is 238 g/mol. The van der Waals surface area contributed by atoms with Crippen molar-refractivity contribution in [1.29, 1.82) is 0 Å². The van der Waals surface area contributed by atoms with Crippen molar-refractivity contribution in [2.75, 3.05) is 5.73 Å². The van der Waals surface area contributed by atoms with Crippen molar-refractivity contribution in [2.24, 2.45) is 4.99 Å². The first kappa shape index (κ1) is 11.8. The average Bonchev–Trinajstić information content (AvgIpc) is 2.42. The van der Waals surface area contributed by atoms with Crippen molar-refractivity contribution in [3.8, 4) is 0 Å². The second-order valence-corrected chi connectivity index (χ2v) is 3.64. The molecule has 2 aromatic rings. The van der Waals surface area contributed by atoms with Gasteiger partial charge in [-0.15, -0.1) is 0 Å². The fourth-order valence-electron chi connectivity index (χ4n) is 1.64. The van der Waals surface area contributed by atoms with Crippen molar-refractivity contribution >= 4 is 23.2 Å². The molecule has 2 N–H and O–H groups in total. The molecule has 0 radical (unpaired) electrons. The number of nitrogens with zero attached hydrogens (tertiary/aromatic N) is 1. The van der Waals surface area contributed by atoms with E-state index in [-0.39, 0.29) is 17.2 Å². The van der Waals surface area contributed by atoms with Crippen molar-refractivity contribution in [2.45, 2.75) is 0 Å². The zero-order valence-corrected chi connectivity index (χ0v) is 9.46. The maximum atomic E-state index is 12.2. The Labute approximate surface area is 104 Å². The number of isocyanates is 1. The smallest absolute Gasteiger partial charge is 0.240 e. The van der Waals surface area contributed by atoms with Crippen LogP contribution < -0.4 is 5.73 Å². The van der Waals surface area contributed by atoms with E-state index in [1.165, 1.54) is 6.08 Å². The Hall–Kier alpha value is -2.71. The molecular formula is C14H10N2O2. The molecule has 2 rings (SSSR count). The Bertz CT molecular complexity index is 629. The van der Waals surface area contributed by atoms with Gasteiger partial charge in [0.15, 0.2) is 5.78 Å². The number of anilines is 1. The molecule has 0 aliphatic carbocycles. The van der Waals surface area contributed by atoms with Gasteiger partial charge in [-0.3, -0.25) is 4.79 Å². The van der Waals surface area contributed by atoms with Crippen molar-refractivity contribution in [3.63, 3.8) is 0 Å². The minimum Gasteiger partial charge on any atom is -0.396 e. The van der Waals surface area contributed by atoms with Crippen LogP contribution in [0, 0.1) is 0 Å². The second kappa shape index (κ2) is 5.08. The molecule has 0 saturated heterocycles. The lowest BCUT2D eigenvalue weighted by atomic mass is 10.0. The Morgan fingerprint density at radius 2 is 1.78 bits per heavy atom. The van der Waals surface area contributed by atoms with Gasteiger partial charge >= 0.3 is 0 Å². The Morgan fingerprint density at radius 3 is 2.44 bits per heavy atom. The average molecular weight is 238 g/mol. The molecule has 0 aliphatic rings. The Kier molecular flexibility index (Phi) is 3.32. The second-order valence-electron chi connectivity index (χ2n) is 3.64. The predicted molar refractivity (Wildman–Crippen MR) is 68.5 cm³/mol. The SMILES string of the molecule is Nc1c(N=C=O)cccc1C(=O)c1ccccc1. The standard InChI is InChI=1S/C14H10N2O2/c15-13-11(7-4-8-12(13)16-9-17)14(18)10-5-2-1-3-6-10/h1-8H,15H2. The molecule has 0 atom stereocenters. The Balaban J connectivity index is 2.49. The summed E-state index contributed by atoms with van der Waals surface area (Å²) in [5, 5.41) is 0. The summed E-state index contributed by atoms with van der Waals surface area (Å²) in [6.07, 6.45) is 1.41. The maximum absolute atomic E-state index is 12.2. The normalized spacial score (nSPS) is 9.56. The summed E-state index contributed by atoms with van der Waals surface area (Å²) in [7, 11) is 0. The van der Waals surface area contributed by atoms with Crippen LogP contribution in [0.2, 0.25) is 0 Å². The van der Waals surface area contributed by atoms with Crippen LogP contribution in [0.3, 0.4) is 0 Å². The molecule has 88 valence electrons. The highest BCUT2D eigenvalue weighted by Gasteiger charge is 2.13. The predicted octanol–water partition coefficient (Wildman–Crippen LogP) is 2.47. The van der Waals surface area contributed by atoms with E-state index in [0.29, 0.717) is 11.1 Å². The van der Waals surface area contributed by atoms with E-state index in [4.69, 9.17) is 5.73 Å². The van der Waals surface area contributed by atoms with Crippen LogP contribution in [0.15, 0.2) is 53.5 Å². The van der Waals surface area contributed by atoms with Gasteiger partial charge < -0.3 is 5.73 Å². The van der Waals surface area contributed by atoms with Gasteiger partial charge in [-0.2, -0.15) is 4.99 Å². The van der Waals surface area contributed by atoms with Crippen LogP contribution in [0.1, 0.15) is 15.9 Å². The van der Waals surface area contributed by atoms with Crippen molar-refractivity contribution in [3.05, 3.63) is 59.7 Å². The first-order valence-corrected chi connectivity index (χ1v) is 5.30. The van der Waals surface area contributed by atoms with Crippen LogP contribution in [0.25, 0.3) is 0 Å². The van der Waals surface area contributed by atoms with Crippen LogP contribution in [0.4, 0.5) is 11.4 Å². The summed E-state index contributed by atoms with van der Waals surface area (Å²) in [4.78, 5) is 25.9. The quantitative estimate of drug-likeness (QED) is 0.386. The number of hydrogen-bond acceptors (Lipinski definition) is 4. The summed E-state index contributed by atoms with van der Waals surface area (Å²) in [5.74, 6) is -0.198. The van der Waals surface area contributed by atoms with Gasteiger partial charge in [0.2, 0.25) is 6.08 Å². The summed E-state index contributed by atoms with van der Waals surface area (Å²) in [6, 6.07) is 13.6. The summed E-state index contributed by atoms with van der Waals surface area (Å²) in [5.41, 5.74) is 7.13. The number of ketones is 1. The number of para-hydroxylation sites is 1. The fourth-order valence-corrected chi connectivity index (χ4v) is 1.64. The van der Waals surface area contributed by atoms with Crippen LogP contribution in [-0.2, 0) is 4.79 Å². The summed E-state index contributed by atoms with van der Waals surface area (Å²) in [6.45, 7) is 0. The first-order chi connectivity index (χ1) is 8.74. The van der Waals surface area contributed by atoms with Crippen molar-refractivity contribution in [1.82, 2.24) is 0 Å². The molecule has 0 heterocycles. The molecule has 0 unspecified atom stereocenters. The molecule has 0 fully saturated rings. The summed E-state index contributed by atoms with van der Waals surface area (Å²) < 4.78 is 0. The van der Waals surface area contributed by atoms with Crippen LogP contribution in [-0.4, -0.2) is 11.9 Å². The zero-order valence-electron chi connectivity index (χ0n) is 9.46. The molecule has 4 heteroatoms. The minimum absolute atomic E-state index is 0.190. The van der Waals surface area contributed by atoms with E-state index in [1.54, 1.807) is 42.5 Å². The maximum Gasteiger partial charge on any atom is 0.240 e. The molecule has 0 aromatic heterocycles. The number of aliphatic imine (C=N–C) groups is 1. The molecule has 0 spiro atoms. The van der Waals surface area contributed by atoms with E-state index in [9.17, 15) is 9.59 Å². The highest BCUT2D eigenvalue weighted by atomic mass is 16.1. The number of hydrogen-bond donors (Lipinski definition) is 1. The lowest BCUT2D eigenvalue weighted by molar-refractivity contribution is 0.103. The lowest BCUT2D eigenvalue weighted by Gasteiger charge is -2.06. The van der Waals surface area contributed by atoms with Crippen LogP contribution in [0.5, 0.6) is 0 Å². The number of nitrogen functional groups attached to an aromatic ring is 1. The zero-order chi connectivity index (χ0) is 13.0. The van der Waals surface area contributed by atoms with E-state index >= 15 is 0 Å². The largest absolute Gasteiger partial charge is 0.396 e. The van der Waals surface area contributed by atoms with E-state index in [2.05, 4.69) is 4.99 Å². The number of rotatable bonds is 3. The Morgan fingerprint density at radius 1 is 1.06 bits per heavy atom. The molecule has 0 bridgehead atoms. The molecule has 0 aliphatic heterocycles. The summed E-state index contributed by atoms with van der Waals surface area (Å²) >= 11 is 0. The molecule has 0 saturated carbocycles. The lowest BCUT2D eigenvalue weighted by Crippen LogP contribution is -2.05. The number of carbonyl (C=O) groups excluding carboxylic acids is 2. The van der Waals surface area contributed by atoms with Crippen LogP contribution >= 0.6 is 0 Å². The van der Waals surface area contributed by atoms with E-state index < -0.39 is 0 Å². The molecule has 4 nitrogen and oxygen atoms in total. The third-order valence-corrected chi connectivity index (χ3v) is 2.53. The third-order valence-electron chi connectivity index (χ3n) is 2.53. The highest BCUT2D eigenvalue weighted by Crippen LogP contribution is 2.26. The molecular weight excluding hydrogens is 228 g/mol. The van der Waals surface area contributed by atoms with Gasteiger partial charge in [0, 0.05) is 11.1 Å². The van der Waals surface area contributed by atoms with Gasteiger partial charge in [0.05, 0.1) is 11.4 Å². The highest BCUT2D eigenvalue weighted by molar-refractivity contribution is 6.13. The van der Waals surface area contributed by atoms with Gasteiger partial charge in [-0.25, -0.2) is 4.79 Å². The van der Waals surface area contributed by atoms with Gasteiger partial charge in [0.1, 0.15) is 0 Å². The first-order valence-electron chi connectivity index (χ1n) is 5.30. The fraction of sp³-hybridized carbons (Fsp3) is 0. The molecule has 2 aromatic carbocycles. The molecule has 18 heavy (non-hydrogen) atoms.